The van der Waals surface area contributed by atoms with Crippen LogP contribution in [0.25, 0.3) is 16.6 Å². The quantitative estimate of drug-likeness (QED) is 0.320. The number of amides is 1. The Morgan fingerprint density at radius 2 is 1.55 bits per heavy atom. The fourth-order valence-corrected chi connectivity index (χ4v) is 4.43. The molecule has 2 aromatic heterocycles. The summed E-state index contributed by atoms with van der Waals surface area (Å²) < 4.78 is 15.9. The number of benzene rings is 2. The predicted octanol–water partition coefficient (Wildman–Crippen LogP) is 4.93. The number of ketones is 1. The van der Waals surface area contributed by atoms with Crippen molar-refractivity contribution in [3.05, 3.63) is 95.5 Å². The highest BCUT2D eigenvalue weighted by Crippen LogP contribution is 2.30. The summed E-state index contributed by atoms with van der Waals surface area (Å²) in [5, 5.41) is 0.596. The number of piperazine rings is 1. The normalized spacial score (nSPS) is 14.0. The van der Waals surface area contributed by atoms with E-state index in [-0.39, 0.29) is 5.82 Å². The number of anilines is 1. The average Bonchev–Trinajstić information content (AvgIpc) is 3.23. The zero-order valence-corrected chi connectivity index (χ0v) is 18.5. The second-order valence-electron chi connectivity index (χ2n) is 7.97. The Bertz CT molecular complexity index is 1340. The molecule has 5 rings (SSSR count). The van der Waals surface area contributed by atoms with Gasteiger partial charge in [0.15, 0.2) is 0 Å². The molecule has 0 aliphatic carbocycles. The van der Waals surface area contributed by atoms with Gasteiger partial charge in [0.05, 0.1) is 5.69 Å². The van der Waals surface area contributed by atoms with Gasteiger partial charge in [-0.1, -0.05) is 41.9 Å². The summed E-state index contributed by atoms with van der Waals surface area (Å²) in [5.41, 5.74) is 3.15. The highest BCUT2D eigenvalue weighted by Gasteiger charge is 2.31. The van der Waals surface area contributed by atoms with E-state index >= 15 is 0 Å². The lowest BCUT2D eigenvalue weighted by Gasteiger charge is -2.35. The van der Waals surface area contributed by atoms with Crippen molar-refractivity contribution in [1.29, 1.82) is 0 Å². The van der Waals surface area contributed by atoms with E-state index in [0.717, 1.165) is 11.1 Å². The van der Waals surface area contributed by atoms with Gasteiger partial charge in [0, 0.05) is 48.5 Å². The molecule has 0 unspecified atom stereocenters. The Labute approximate surface area is 195 Å². The number of nitrogens with zero attached hydrogens (tertiary/aromatic N) is 3. The standard InChI is InChI=1S/C26H21ClFN3O2/c27-19-10-8-18(9-11-19)21-17-20-5-3-4-12-31(20)24(21)25(32)26(33)30-15-13-29(14-16-30)23-7-2-1-6-22(23)28/h1-12,17H,13-16H2. The number of hydrogen-bond acceptors (Lipinski definition) is 3. The van der Waals surface area contributed by atoms with Crippen LogP contribution in [0, 0.1) is 5.82 Å². The highest BCUT2D eigenvalue weighted by atomic mass is 35.5. The van der Waals surface area contributed by atoms with Crippen LogP contribution in [0.3, 0.4) is 0 Å². The number of halogens is 2. The van der Waals surface area contributed by atoms with Crippen LogP contribution in [0.1, 0.15) is 10.5 Å². The molecule has 33 heavy (non-hydrogen) atoms. The van der Waals surface area contributed by atoms with Crippen molar-refractivity contribution in [3.63, 3.8) is 0 Å². The zero-order chi connectivity index (χ0) is 22.9. The minimum atomic E-state index is -0.564. The smallest absolute Gasteiger partial charge is 0.296 e. The number of carbonyl (C=O) groups excluding carboxylic acids is 2. The first-order chi connectivity index (χ1) is 16.0. The largest absolute Gasteiger partial charge is 0.366 e. The van der Waals surface area contributed by atoms with E-state index < -0.39 is 11.7 Å². The molecule has 1 amide bonds. The van der Waals surface area contributed by atoms with Gasteiger partial charge in [0.25, 0.3) is 11.7 Å². The van der Waals surface area contributed by atoms with Gasteiger partial charge in [0.2, 0.25) is 0 Å². The van der Waals surface area contributed by atoms with E-state index in [4.69, 9.17) is 11.6 Å². The molecule has 0 N–H and O–H groups in total. The van der Waals surface area contributed by atoms with Crippen molar-refractivity contribution in [2.24, 2.45) is 0 Å². The van der Waals surface area contributed by atoms with Gasteiger partial charge < -0.3 is 14.2 Å². The molecule has 1 aliphatic heterocycles. The molecule has 2 aromatic carbocycles. The van der Waals surface area contributed by atoms with Crippen molar-refractivity contribution in [2.75, 3.05) is 31.1 Å². The van der Waals surface area contributed by atoms with E-state index in [1.54, 1.807) is 45.8 Å². The van der Waals surface area contributed by atoms with Crippen molar-refractivity contribution in [2.45, 2.75) is 0 Å². The lowest BCUT2D eigenvalue weighted by atomic mass is 10.0. The topological polar surface area (TPSA) is 45.0 Å². The van der Waals surface area contributed by atoms with Crippen molar-refractivity contribution in [1.82, 2.24) is 9.30 Å². The SMILES string of the molecule is O=C(C(=O)N1CCN(c2ccccc2F)CC1)c1c(-c2ccc(Cl)cc2)cc2ccccn12. The molecular formula is C26H21ClFN3O2. The molecule has 0 saturated carbocycles. The van der Waals surface area contributed by atoms with Crippen LogP contribution in [0.2, 0.25) is 5.02 Å². The number of para-hydroxylation sites is 1. The Hall–Kier alpha value is -3.64. The third kappa shape index (κ3) is 3.98. The molecule has 0 spiro atoms. The van der Waals surface area contributed by atoms with Crippen LogP contribution >= 0.6 is 11.6 Å². The van der Waals surface area contributed by atoms with Crippen molar-refractivity contribution in [3.8, 4) is 11.1 Å². The maximum absolute atomic E-state index is 14.1. The summed E-state index contributed by atoms with van der Waals surface area (Å²) in [7, 11) is 0. The third-order valence-electron chi connectivity index (χ3n) is 6.00. The number of aromatic nitrogens is 1. The molecule has 5 nitrogen and oxygen atoms in total. The first kappa shape index (κ1) is 21.2. The minimum Gasteiger partial charge on any atom is -0.366 e. The number of rotatable bonds is 4. The lowest BCUT2D eigenvalue weighted by molar-refractivity contribution is -0.126. The summed E-state index contributed by atoms with van der Waals surface area (Å²) in [6, 6.07) is 21.3. The zero-order valence-electron chi connectivity index (χ0n) is 17.7. The number of pyridine rings is 1. The van der Waals surface area contributed by atoms with Crippen LogP contribution in [-0.2, 0) is 4.79 Å². The number of fused-ring (bicyclic) bond motifs is 1. The van der Waals surface area contributed by atoms with E-state index in [1.807, 2.05) is 41.3 Å². The van der Waals surface area contributed by atoms with Crippen LogP contribution in [0.5, 0.6) is 0 Å². The molecule has 7 heteroatoms. The maximum Gasteiger partial charge on any atom is 0.296 e. The fraction of sp³-hybridized carbons (Fsp3) is 0.154. The highest BCUT2D eigenvalue weighted by molar-refractivity contribution is 6.43. The van der Waals surface area contributed by atoms with Gasteiger partial charge in [-0.15, -0.1) is 0 Å². The fourth-order valence-electron chi connectivity index (χ4n) is 4.31. The number of Topliss-reactive ketones (excluding diaryl/α,β-unsaturated/α-hetero) is 1. The summed E-state index contributed by atoms with van der Waals surface area (Å²) >= 11 is 6.04. The molecule has 0 atom stereocenters. The van der Waals surface area contributed by atoms with Crippen molar-refractivity contribution < 1.29 is 14.0 Å². The van der Waals surface area contributed by atoms with Gasteiger partial charge in [-0.2, -0.15) is 0 Å². The molecule has 3 heterocycles. The average molecular weight is 462 g/mol. The van der Waals surface area contributed by atoms with Gasteiger partial charge >= 0.3 is 0 Å². The predicted molar refractivity (Wildman–Crippen MR) is 127 cm³/mol. The van der Waals surface area contributed by atoms with E-state index in [1.165, 1.54) is 6.07 Å². The first-order valence-electron chi connectivity index (χ1n) is 10.7. The minimum absolute atomic E-state index is 0.291. The van der Waals surface area contributed by atoms with E-state index in [0.29, 0.717) is 48.1 Å². The van der Waals surface area contributed by atoms with Crippen molar-refractivity contribution >= 4 is 34.5 Å². The summed E-state index contributed by atoms with van der Waals surface area (Å²) in [6.45, 7) is 1.61. The summed E-state index contributed by atoms with van der Waals surface area (Å²) in [4.78, 5) is 30.2. The van der Waals surface area contributed by atoms with Gasteiger partial charge in [-0.05, 0) is 48.0 Å². The van der Waals surface area contributed by atoms with Gasteiger partial charge in [-0.3, -0.25) is 9.59 Å². The van der Waals surface area contributed by atoms with Crippen LogP contribution < -0.4 is 4.90 Å². The molecule has 1 saturated heterocycles. The van der Waals surface area contributed by atoms with Gasteiger partial charge in [0.1, 0.15) is 11.5 Å². The third-order valence-corrected chi connectivity index (χ3v) is 6.26. The Morgan fingerprint density at radius 3 is 2.27 bits per heavy atom. The van der Waals surface area contributed by atoms with E-state index in [9.17, 15) is 14.0 Å². The monoisotopic (exact) mass is 461 g/mol. The Morgan fingerprint density at radius 1 is 0.848 bits per heavy atom. The van der Waals surface area contributed by atoms with E-state index in [2.05, 4.69) is 0 Å². The first-order valence-corrected chi connectivity index (χ1v) is 11.1. The van der Waals surface area contributed by atoms with Crippen LogP contribution in [0.15, 0.2) is 79.0 Å². The molecule has 0 radical (unpaired) electrons. The van der Waals surface area contributed by atoms with Gasteiger partial charge in [-0.25, -0.2) is 4.39 Å². The number of hydrogen-bond donors (Lipinski definition) is 0. The Kier molecular flexibility index (Phi) is 5.60. The lowest BCUT2D eigenvalue weighted by Crippen LogP contribution is -2.51. The summed E-state index contributed by atoms with van der Waals surface area (Å²) in [6.07, 6.45) is 1.78. The second-order valence-corrected chi connectivity index (χ2v) is 8.41. The molecule has 1 fully saturated rings. The Balaban J connectivity index is 1.42. The molecular weight excluding hydrogens is 441 g/mol. The van der Waals surface area contributed by atoms with Crippen LogP contribution in [-0.4, -0.2) is 47.2 Å². The summed E-state index contributed by atoms with van der Waals surface area (Å²) in [5.74, 6) is -1.41. The van der Waals surface area contributed by atoms with Crippen LogP contribution in [0.4, 0.5) is 10.1 Å². The second kappa shape index (κ2) is 8.71. The maximum atomic E-state index is 14.1. The number of carbonyl (C=O) groups is 2. The molecule has 0 bridgehead atoms. The molecule has 4 aromatic rings. The molecule has 166 valence electrons. The molecule has 1 aliphatic rings.